The molecule has 0 N–H and O–H groups in total. The summed E-state index contributed by atoms with van der Waals surface area (Å²) < 4.78 is 0. The van der Waals surface area contributed by atoms with E-state index in [2.05, 4.69) is 66.7 Å². The van der Waals surface area contributed by atoms with Gasteiger partial charge in [-0.1, -0.05) is 53.0 Å². The van der Waals surface area contributed by atoms with Crippen molar-refractivity contribution >= 4 is 0 Å². The Balaban J connectivity index is -0.000000722. The maximum absolute atomic E-state index is 2.45. The van der Waals surface area contributed by atoms with Crippen LogP contribution in [-0.2, 0) is 21.7 Å². The zero-order chi connectivity index (χ0) is 12.4. The summed E-state index contributed by atoms with van der Waals surface area (Å²) in [6.45, 7) is 16.8. The topological polar surface area (TPSA) is 0 Å². The molecule has 2 aliphatic rings. The van der Waals surface area contributed by atoms with Crippen molar-refractivity contribution in [1.29, 1.82) is 0 Å². The summed E-state index contributed by atoms with van der Waals surface area (Å²) in [5.74, 6) is 2.20. The Labute approximate surface area is 158 Å². The fourth-order valence-corrected chi connectivity index (χ4v) is 3.80. The van der Waals surface area contributed by atoms with Crippen LogP contribution in [0.1, 0.15) is 48.5 Å². The third-order valence-corrected chi connectivity index (χ3v) is 6.34. The Bertz CT molecular complexity index is 385. The van der Waals surface area contributed by atoms with Crippen LogP contribution in [0.15, 0.2) is 23.8 Å². The van der Waals surface area contributed by atoms with Crippen molar-refractivity contribution in [2.45, 2.75) is 48.5 Å². The van der Waals surface area contributed by atoms with Gasteiger partial charge in [-0.2, -0.15) is 0 Å². The molecule has 1 saturated carbocycles. The summed E-state index contributed by atoms with van der Waals surface area (Å²) in [6.07, 6.45) is 6.94. The van der Waals surface area contributed by atoms with Crippen LogP contribution in [0, 0.1) is 28.1 Å². The molecule has 0 heterocycles. The summed E-state index contributed by atoms with van der Waals surface area (Å²) in [7, 11) is 0. The van der Waals surface area contributed by atoms with Gasteiger partial charge < -0.3 is 37.2 Å². The predicted octanol–water partition coefficient (Wildman–Crippen LogP) is -4.21. The van der Waals surface area contributed by atoms with Crippen molar-refractivity contribution in [2.75, 3.05) is 0 Å². The molecule has 0 saturated heterocycles. The summed E-state index contributed by atoms with van der Waals surface area (Å²) in [5.41, 5.74) is 2.46. The van der Waals surface area contributed by atoms with Crippen LogP contribution in [0.3, 0.4) is 0 Å². The summed E-state index contributed by atoms with van der Waals surface area (Å²) >= 11 is 0. The van der Waals surface area contributed by atoms with Crippen LogP contribution in [-0.4, -0.2) is 0 Å². The van der Waals surface area contributed by atoms with Crippen molar-refractivity contribution in [3.63, 3.8) is 0 Å². The molecule has 2 atom stereocenters. The molecule has 0 aromatic rings. The Morgan fingerprint density at radius 3 is 1.85 bits per heavy atom. The van der Waals surface area contributed by atoms with Crippen LogP contribution >= 0.6 is 0 Å². The smallest absolute Gasteiger partial charge is 1.00 e. The summed E-state index contributed by atoms with van der Waals surface area (Å²) in [5, 5.41) is 0. The van der Waals surface area contributed by atoms with Gasteiger partial charge in [-0.25, -0.2) is 17.6 Å². The molecule has 2 unspecified atom stereocenters. The molecule has 0 nitrogen and oxygen atoms in total. The minimum absolute atomic E-state index is 0. The molecule has 0 radical (unpaired) electrons. The van der Waals surface area contributed by atoms with Crippen LogP contribution in [0.5, 0.6) is 0 Å². The first-order chi connectivity index (χ1) is 7.17. The first-order valence-electron chi connectivity index (χ1n) is 6.40. The molecule has 2 aliphatic carbocycles. The zero-order valence-corrected chi connectivity index (χ0v) is 17.3. The molecule has 0 bridgehead atoms. The average molecular weight is 372 g/mol. The first-order valence-corrected chi connectivity index (χ1v) is 6.40. The number of allylic oxidation sites excluding steroid dienone is 4. The molecule has 0 spiro atoms. The fourth-order valence-electron chi connectivity index (χ4n) is 3.80. The van der Waals surface area contributed by atoms with E-state index in [-0.39, 0.29) is 69.8 Å². The fraction of sp³-hybridized carbons (Fsp3) is 0.688. The van der Waals surface area contributed by atoms with E-state index in [1.54, 1.807) is 11.5 Å². The van der Waals surface area contributed by atoms with Crippen LogP contribution in [0.2, 0.25) is 0 Å². The molecule has 0 aromatic heterocycles. The second-order valence-corrected chi connectivity index (χ2v) is 6.83. The van der Waals surface area contributed by atoms with E-state index in [1.807, 2.05) is 0 Å². The third kappa shape index (κ3) is 2.76. The molecular formula is C16H25Cl3Ti. The van der Waals surface area contributed by atoms with Crippen molar-refractivity contribution in [2.24, 2.45) is 22.2 Å². The molecule has 0 amide bonds. The van der Waals surface area contributed by atoms with Crippen molar-refractivity contribution < 1.29 is 58.9 Å². The number of hydrogen-bond donors (Lipinski definition) is 0. The summed E-state index contributed by atoms with van der Waals surface area (Å²) in [4.78, 5) is 0. The van der Waals surface area contributed by atoms with Crippen molar-refractivity contribution in [3.05, 3.63) is 29.7 Å². The minimum Gasteiger partial charge on any atom is -1.00 e. The van der Waals surface area contributed by atoms with E-state index in [1.165, 1.54) is 0 Å². The van der Waals surface area contributed by atoms with Gasteiger partial charge in [-0.15, -0.1) is 13.0 Å². The summed E-state index contributed by atoms with van der Waals surface area (Å²) in [6, 6.07) is 0. The largest absolute Gasteiger partial charge is 4.00 e. The van der Waals surface area contributed by atoms with E-state index in [0.29, 0.717) is 11.3 Å². The standard InChI is InChI=1S/C16H25.3ClH.Ti/c1-11-9-8-10-13-12(2)14(3,4)15(5,6)16(11,13)7;;;;/h8-11H,1-7H3;3*1H;/q-1;;;;+4/p-3. The second kappa shape index (κ2) is 7.47. The molecule has 1 fully saturated rings. The molecular weight excluding hydrogens is 346 g/mol. The van der Waals surface area contributed by atoms with E-state index < -0.39 is 0 Å². The van der Waals surface area contributed by atoms with Gasteiger partial charge in [-0.3, -0.25) is 0 Å². The van der Waals surface area contributed by atoms with Gasteiger partial charge >= 0.3 is 21.7 Å². The van der Waals surface area contributed by atoms with Gasteiger partial charge in [0, 0.05) is 0 Å². The van der Waals surface area contributed by atoms with Gasteiger partial charge in [0.05, 0.1) is 0 Å². The SMILES string of the molecule is C[C-]1C2=CC=CC(C)C2(C)C(C)(C)C1(C)C.[Cl-].[Cl-].[Cl-].[Ti+4]. The van der Waals surface area contributed by atoms with Crippen LogP contribution in [0.4, 0.5) is 0 Å². The quantitative estimate of drug-likeness (QED) is 0.299. The second-order valence-electron chi connectivity index (χ2n) is 6.83. The number of halogens is 3. The normalized spacial score (nSPS) is 31.6. The van der Waals surface area contributed by atoms with Gasteiger partial charge in [0.2, 0.25) is 0 Å². The zero-order valence-electron chi connectivity index (χ0n) is 13.4. The minimum atomic E-state index is 0. The molecule has 114 valence electrons. The third-order valence-electron chi connectivity index (χ3n) is 6.34. The van der Waals surface area contributed by atoms with Gasteiger partial charge in [0.15, 0.2) is 0 Å². The maximum atomic E-state index is 2.45. The van der Waals surface area contributed by atoms with Gasteiger partial charge in [-0.05, 0) is 16.7 Å². The average Bonchev–Trinajstić information content (AvgIpc) is 2.29. The Hall–Kier alpha value is 0.934. The molecule has 20 heavy (non-hydrogen) atoms. The molecule has 2 rings (SSSR count). The number of rotatable bonds is 0. The molecule has 0 aliphatic heterocycles. The Morgan fingerprint density at radius 2 is 1.45 bits per heavy atom. The van der Waals surface area contributed by atoms with Gasteiger partial charge in [0.25, 0.3) is 0 Å². The molecule has 0 aromatic carbocycles. The van der Waals surface area contributed by atoms with Crippen LogP contribution < -0.4 is 37.2 Å². The van der Waals surface area contributed by atoms with Crippen LogP contribution in [0.25, 0.3) is 0 Å². The van der Waals surface area contributed by atoms with E-state index in [0.717, 1.165) is 0 Å². The monoisotopic (exact) mass is 370 g/mol. The van der Waals surface area contributed by atoms with Gasteiger partial charge in [0.1, 0.15) is 0 Å². The maximum Gasteiger partial charge on any atom is 4.00 e. The van der Waals surface area contributed by atoms with E-state index in [4.69, 9.17) is 0 Å². The first kappa shape index (κ1) is 25.9. The Kier molecular flexibility index (Phi) is 9.66. The van der Waals surface area contributed by atoms with E-state index >= 15 is 0 Å². The predicted molar refractivity (Wildman–Crippen MR) is 71.0 cm³/mol. The number of hydrogen-bond acceptors (Lipinski definition) is 0. The van der Waals surface area contributed by atoms with E-state index in [9.17, 15) is 0 Å². The molecule has 4 heteroatoms. The Morgan fingerprint density at radius 1 is 1.00 bits per heavy atom. The van der Waals surface area contributed by atoms with Crippen molar-refractivity contribution in [3.8, 4) is 0 Å². The van der Waals surface area contributed by atoms with Crippen molar-refractivity contribution in [1.82, 2.24) is 0 Å². The number of fused-ring (bicyclic) bond motifs is 1.